The summed E-state index contributed by atoms with van der Waals surface area (Å²) in [7, 11) is 0. The Hall–Kier alpha value is -7.95. The van der Waals surface area contributed by atoms with Crippen molar-refractivity contribution < 1.29 is 0 Å². The highest BCUT2D eigenvalue weighted by Crippen LogP contribution is 2.39. The molecule has 2 aromatic heterocycles. The first kappa shape index (κ1) is 34.3. The molecule has 0 aliphatic heterocycles. The molecule has 0 spiro atoms. The summed E-state index contributed by atoms with van der Waals surface area (Å²) >= 11 is 0. The molecule has 11 rings (SSSR count). The number of para-hydroxylation sites is 2. The third kappa shape index (κ3) is 6.24. The van der Waals surface area contributed by atoms with Gasteiger partial charge in [-0.05, 0) is 80.6 Å². The Kier molecular flexibility index (Phi) is 8.45. The van der Waals surface area contributed by atoms with Gasteiger partial charge in [-0.3, -0.25) is 0 Å². The second kappa shape index (κ2) is 14.5. The van der Waals surface area contributed by atoms with Gasteiger partial charge < -0.3 is 4.57 Å². The topological polar surface area (TPSA) is 43.6 Å². The van der Waals surface area contributed by atoms with Crippen molar-refractivity contribution in [2.75, 3.05) is 0 Å². The molecule has 0 aliphatic rings. The molecule has 0 saturated carbocycles. The van der Waals surface area contributed by atoms with E-state index in [1.807, 2.05) is 6.07 Å². The van der Waals surface area contributed by atoms with Crippen LogP contribution in [0.3, 0.4) is 0 Å². The third-order valence-corrected chi connectivity index (χ3v) is 11.3. The number of hydrogen-bond acceptors (Lipinski definition) is 3. The van der Waals surface area contributed by atoms with Gasteiger partial charge in [-0.2, -0.15) is 0 Å². The number of aromatic nitrogens is 4. The zero-order valence-electron chi connectivity index (χ0n) is 32.1. The lowest BCUT2D eigenvalue weighted by molar-refractivity contribution is 1.07. The largest absolute Gasteiger partial charge is 0.308 e. The summed E-state index contributed by atoms with van der Waals surface area (Å²) in [6.07, 6.45) is 0. The van der Waals surface area contributed by atoms with Crippen LogP contribution in [0.15, 0.2) is 218 Å². The molecule has 0 amide bonds. The van der Waals surface area contributed by atoms with Gasteiger partial charge in [0.05, 0.1) is 16.7 Å². The summed E-state index contributed by atoms with van der Waals surface area (Å²) in [5.41, 5.74) is 12.8. The SMILES string of the molecule is c1ccc(-c2cccc(-c3ccc(-c4nc(-c5cccc(-c6ccccc6)c5)nc(-c5cccc6ccccc56)n4)c(-n4c5ccccc5c5ccccc54)c3)c2)cc1. The highest BCUT2D eigenvalue weighted by molar-refractivity contribution is 6.10. The minimum Gasteiger partial charge on any atom is -0.308 e. The van der Waals surface area contributed by atoms with Crippen molar-refractivity contribution in [1.29, 1.82) is 0 Å². The number of benzene rings is 9. The molecule has 0 fully saturated rings. The number of hydrogen-bond donors (Lipinski definition) is 0. The fourth-order valence-corrected chi connectivity index (χ4v) is 8.41. The van der Waals surface area contributed by atoms with Crippen LogP contribution in [0.4, 0.5) is 0 Å². The van der Waals surface area contributed by atoms with E-state index in [0.29, 0.717) is 17.5 Å². The van der Waals surface area contributed by atoms with Crippen LogP contribution in [-0.2, 0) is 0 Å². The van der Waals surface area contributed by atoms with Crippen molar-refractivity contribution in [3.8, 4) is 73.2 Å². The first-order valence-corrected chi connectivity index (χ1v) is 19.9. The Labute approximate surface area is 342 Å². The van der Waals surface area contributed by atoms with Crippen LogP contribution in [0.5, 0.6) is 0 Å². The zero-order valence-corrected chi connectivity index (χ0v) is 32.1. The fourth-order valence-electron chi connectivity index (χ4n) is 8.41. The molecule has 11 aromatic rings. The normalized spacial score (nSPS) is 11.4. The first-order valence-electron chi connectivity index (χ1n) is 19.9. The van der Waals surface area contributed by atoms with E-state index < -0.39 is 0 Å². The minimum atomic E-state index is 0.601. The molecular weight excluding hydrogens is 717 g/mol. The van der Waals surface area contributed by atoms with Crippen molar-refractivity contribution in [2.24, 2.45) is 0 Å². The van der Waals surface area contributed by atoms with Crippen LogP contribution < -0.4 is 0 Å². The van der Waals surface area contributed by atoms with Gasteiger partial charge in [0, 0.05) is 27.5 Å². The van der Waals surface area contributed by atoms with Crippen LogP contribution in [-0.4, -0.2) is 19.5 Å². The lowest BCUT2D eigenvalue weighted by Crippen LogP contribution is -2.04. The third-order valence-electron chi connectivity index (χ3n) is 11.3. The van der Waals surface area contributed by atoms with Crippen molar-refractivity contribution >= 4 is 32.6 Å². The summed E-state index contributed by atoms with van der Waals surface area (Å²) < 4.78 is 2.38. The Bertz CT molecular complexity index is 3270. The van der Waals surface area contributed by atoms with Crippen molar-refractivity contribution in [1.82, 2.24) is 19.5 Å². The molecule has 0 radical (unpaired) electrons. The molecule has 4 nitrogen and oxygen atoms in total. The number of nitrogens with zero attached hydrogens (tertiary/aromatic N) is 4. The maximum atomic E-state index is 5.38. The molecular formula is C55H36N4. The Balaban J connectivity index is 1.18. The Morgan fingerprint density at radius 3 is 1.37 bits per heavy atom. The van der Waals surface area contributed by atoms with Gasteiger partial charge in [0.2, 0.25) is 0 Å². The smallest absolute Gasteiger partial charge is 0.166 e. The Morgan fingerprint density at radius 1 is 0.271 bits per heavy atom. The molecule has 59 heavy (non-hydrogen) atoms. The lowest BCUT2D eigenvalue weighted by atomic mass is 9.97. The van der Waals surface area contributed by atoms with E-state index in [1.165, 1.54) is 21.9 Å². The second-order valence-electron chi connectivity index (χ2n) is 14.8. The second-order valence-corrected chi connectivity index (χ2v) is 14.8. The molecule has 2 heterocycles. The van der Waals surface area contributed by atoms with E-state index >= 15 is 0 Å². The summed E-state index contributed by atoms with van der Waals surface area (Å²) in [5.74, 6) is 1.84. The Morgan fingerprint density at radius 2 is 0.712 bits per heavy atom. The molecule has 0 aliphatic carbocycles. The lowest BCUT2D eigenvalue weighted by Gasteiger charge is -2.17. The zero-order chi connectivity index (χ0) is 39.1. The first-order chi connectivity index (χ1) is 29.2. The van der Waals surface area contributed by atoms with E-state index in [1.54, 1.807) is 0 Å². The molecule has 9 aromatic carbocycles. The maximum absolute atomic E-state index is 5.38. The summed E-state index contributed by atoms with van der Waals surface area (Å²) in [6.45, 7) is 0. The van der Waals surface area contributed by atoms with Gasteiger partial charge in [-0.25, -0.2) is 15.0 Å². The highest BCUT2D eigenvalue weighted by Gasteiger charge is 2.21. The summed E-state index contributed by atoms with van der Waals surface area (Å²) in [4.78, 5) is 16.0. The quantitative estimate of drug-likeness (QED) is 0.163. The predicted octanol–water partition coefficient (Wildman–Crippen LogP) is 14.1. The summed E-state index contributed by atoms with van der Waals surface area (Å²) in [6, 6.07) is 77.0. The predicted molar refractivity (Wildman–Crippen MR) is 244 cm³/mol. The maximum Gasteiger partial charge on any atom is 0.166 e. The fraction of sp³-hybridized carbons (Fsp3) is 0. The van der Waals surface area contributed by atoms with E-state index in [2.05, 4.69) is 217 Å². The van der Waals surface area contributed by atoms with Crippen LogP contribution in [0.2, 0.25) is 0 Å². The molecule has 0 N–H and O–H groups in total. The molecule has 276 valence electrons. The molecule has 0 bridgehead atoms. The van der Waals surface area contributed by atoms with Crippen molar-refractivity contribution in [2.45, 2.75) is 0 Å². The molecule has 0 saturated heterocycles. The average Bonchev–Trinajstić information content (AvgIpc) is 3.66. The minimum absolute atomic E-state index is 0.601. The standard InChI is InChI=1S/C55H36N4/c1-3-16-37(17-4-1)40-22-13-24-42(34-40)43-32-33-49(52(36-43)59-50-30-11-9-27-46(50)47-28-10-12-31-51(47)59)55-57-53(44-25-14-23-41(35-44)38-18-5-2-6-19-38)56-54(58-55)48-29-15-21-39-20-7-8-26-45(39)48/h1-36H. The van der Waals surface area contributed by atoms with Crippen molar-refractivity contribution in [3.05, 3.63) is 218 Å². The van der Waals surface area contributed by atoms with E-state index in [0.717, 1.165) is 66.4 Å². The van der Waals surface area contributed by atoms with Crippen LogP contribution in [0.1, 0.15) is 0 Å². The van der Waals surface area contributed by atoms with E-state index in [4.69, 9.17) is 15.0 Å². The van der Waals surface area contributed by atoms with Crippen LogP contribution >= 0.6 is 0 Å². The molecule has 0 unspecified atom stereocenters. The number of rotatable bonds is 7. The van der Waals surface area contributed by atoms with E-state index in [9.17, 15) is 0 Å². The van der Waals surface area contributed by atoms with Gasteiger partial charge in [-0.15, -0.1) is 0 Å². The van der Waals surface area contributed by atoms with Gasteiger partial charge in [-0.1, -0.05) is 182 Å². The van der Waals surface area contributed by atoms with Crippen LogP contribution in [0, 0.1) is 0 Å². The molecule has 4 heteroatoms. The van der Waals surface area contributed by atoms with Gasteiger partial charge in [0.1, 0.15) is 0 Å². The van der Waals surface area contributed by atoms with Crippen molar-refractivity contribution in [3.63, 3.8) is 0 Å². The monoisotopic (exact) mass is 752 g/mol. The molecule has 0 atom stereocenters. The summed E-state index contributed by atoms with van der Waals surface area (Å²) in [5, 5.41) is 4.60. The van der Waals surface area contributed by atoms with Gasteiger partial charge in [0.15, 0.2) is 17.5 Å². The van der Waals surface area contributed by atoms with Gasteiger partial charge in [0.25, 0.3) is 0 Å². The van der Waals surface area contributed by atoms with Crippen LogP contribution in [0.25, 0.3) is 106 Å². The highest BCUT2D eigenvalue weighted by atomic mass is 15.1. The van der Waals surface area contributed by atoms with Gasteiger partial charge >= 0.3 is 0 Å². The van der Waals surface area contributed by atoms with E-state index in [-0.39, 0.29) is 0 Å². The average molecular weight is 753 g/mol. The number of fused-ring (bicyclic) bond motifs is 4.